The molecule has 1 aliphatic rings. The van der Waals surface area contributed by atoms with E-state index in [1.807, 2.05) is 23.1 Å². The second kappa shape index (κ2) is 7.46. The highest BCUT2D eigenvalue weighted by Crippen LogP contribution is 2.22. The van der Waals surface area contributed by atoms with E-state index in [1.54, 1.807) is 7.11 Å². The van der Waals surface area contributed by atoms with E-state index in [4.69, 9.17) is 4.74 Å². The van der Waals surface area contributed by atoms with Crippen LogP contribution < -0.4 is 10.1 Å². The van der Waals surface area contributed by atoms with E-state index in [-0.39, 0.29) is 5.91 Å². The minimum Gasteiger partial charge on any atom is -0.496 e. The number of carbonyl (C=O) groups is 1. The number of nitrogens with zero attached hydrogens (tertiary/aromatic N) is 1. The summed E-state index contributed by atoms with van der Waals surface area (Å²) in [7, 11) is 1.69. The lowest BCUT2D eigenvalue weighted by Gasteiger charge is -2.34. The van der Waals surface area contributed by atoms with Gasteiger partial charge in [-0.05, 0) is 30.9 Å². The number of amides is 1. The van der Waals surface area contributed by atoms with Gasteiger partial charge in [-0.15, -0.1) is 0 Å². The van der Waals surface area contributed by atoms with Crippen molar-refractivity contribution in [1.29, 1.82) is 0 Å². The highest BCUT2D eigenvalue weighted by atomic mass is 16.5. The summed E-state index contributed by atoms with van der Waals surface area (Å²) in [4.78, 5) is 14.4. The van der Waals surface area contributed by atoms with Gasteiger partial charge >= 0.3 is 0 Å². The number of hydrogen-bond acceptors (Lipinski definition) is 3. The van der Waals surface area contributed by atoms with E-state index in [9.17, 15) is 4.79 Å². The number of nitrogens with one attached hydrogen (secondary N) is 1. The second-order valence-electron chi connectivity index (χ2n) is 5.97. The highest BCUT2D eigenvalue weighted by molar-refractivity contribution is 5.77. The molecule has 1 aliphatic heterocycles. The van der Waals surface area contributed by atoms with Crippen molar-refractivity contribution in [3.63, 3.8) is 0 Å². The molecule has 1 aromatic carbocycles. The van der Waals surface area contributed by atoms with Crippen molar-refractivity contribution in [1.82, 2.24) is 10.2 Å². The molecule has 0 aliphatic carbocycles. The summed E-state index contributed by atoms with van der Waals surface area (Å²) >= 11 is 0. The molecule has 1 saturated heterocycles. The van der Waals surface area contributed by atoms with Crippen LogP contribution in [0.3, 0.4) is 0 Å². The summed E-state index contributed by atoms with van der Waals surface area (Å²) in [6.45, 7) is 6.86. The van der Waals surface area contributed by atoms with Crippen LogP contribution in [-0.4, -0.2) is 43.6 Å². The lowest BCUT2D eigenvalue weighted by atomic mass is 9.96. The topological polar surface area (TPSA) is 41.6 Å². The summed E-state index contributed by atoms with van der Waals surface area (Å²) in [6, 6.07) is 8.34. The molecule has 0 bridgehead atoms. The summed E-state index contributed by atoms with van der Waals surface area (Å²) in [6.07, 6.45) is 1.47. The van der Waals surface area contributed by atoms with Crippen molar-refractivity contribution in [3.8, 4) is 5.75 Å². The third-order valence-corrected chi connectivity index (χ3v) is 4.11. The standard InChI is InChI=1S/C17H26N2O2/c1-13(10-15-6-4-5-7-16(15)21-3)11-17(20)19-9-8-18-12-14(19)2/h4-7,13-14,18H,8-12H2,1-3H3/t13-,14+/m1/s1. The fourth-order valence-corrected chi connectivity index (χ4v) is 2.95. The fraction of sp³-hybridized carbons (Fsp3) is 0.588. The van der Waals surface area contributed by atoms with Crippen LogP contribution in [0.4, 0.5) is 0 Å². The Bertz CT molecular complexity index is 476. The molecule has 1 amide bonds. The Morgan fingerprint density at radius 1 is 1.48 bits per heavy atom. The number of ether oxygens (including phenoxy) is 1. The number of para-hydroxylation sites is 1. The number of carbonyl (C=O) groups excluding carboxylic acids is 1. The summed E-state index contributed by atoms with van der Waals surface area (Å²) in [5.41, 5.74) is 1.17. The Hall–Kier alpha value is -1.55. The molecule has 1 fully saturated rings. The molecule has 0 unspecified atom stereocenters. The second-order valence-corrected chi connectivity index (χ2v) is 5.97. The Kier molecular flexibility index (Phi) is 5.62. The summed E-state index contributed by atoms with van der Waals surface area (Å²) in [5, 5.41) is 3.32. The van der Waals surface area contributed by atoms with Crippen LogP contribution in [0.15, 0.2) is 24.3 Å². The molecule has 0 aromatic heterocycles. The van der Waals surface area contributed by atoms with Crippen LogP contribution >= 0.6 is 0 Å². The molecule has 2 atom stereocenters. The maximum atomic E-state index is 12.4. The first-order valence-corrected chi connectivity index (χ1v) is 7.74. The highest BCUT2D eigenvalue weighted by Gasteiger charge is 2.24. The maximum Gasteiger partial charge on any atom is 0.223 e. The lowest BCUT2D eigenvalue weighted by Crippen LogP contribution is -2.52. The molecule has 1 N–H and O–H groups in total. The smallest absolute Gasteiger partial charge is 0.223 e. The van der Waals surface area contributed by atoms with E-state index < -0.39 is 0 Å². The Morgan fingerprint density at radius 3 is 2.95 bits per heavy atom. The third kappa shape index (κ3) is 4.21. The van der Waals surface area contributed by atoms with Gasteiger partial charge in [0.2, 0.25) is 5.91 Å². The van der Waals surface area contributed by atoms with Gasteiger partial charge in [-0.2, -0.15) is 0 Å². The minimum absolute atomic E-state index is 0.270. The molecule has 0 spiro atoms. The van der Waals surface area contributed by atoms with Crippen LogP contribution in [-0.2, 0) is 11.2 Å². The van der Waals surface area contributed by atoms with Gasteiger partial charge in [0, 0.05) is 32.1 Å². The fourth-order valence-electron chi connectivity index (χ4n) is 2.95. The lowest BCUT2D eigenvalue weighted by molar-refractivity contribution is -0.134. The van der Waals surface area contributed by atoms with Crippen molar-refractivity contribution in [2.24, 2.45) is 5.92 Å². The van der Waals surface area contributed by atoms with Crippen LogP contribution in [0.5, 0.6) is 5.75 Å². The van der Waals surface area contributed by atoms with Gasteiger partial charge in [0.15, 0.2) is 0 Å². The number of rotatable bonds is 5. The molecule has 116 valence electrons. The predicted molar refractivity (Wildman–Crippen MR) is 84.5 cm³/mol. The van der Waals surface area contributed by atoms with Crippen molar-refractivity contribution < 1.29 is 9.53 Å². The van der Waals surface area contributed by atoms with Crippen molar-refractivity contribution in [2.75, 3.05) is 26.7 Å². The first kappa shape index (κ1) is 15.8. The number of benzene rings is 1. The molecule has 1 aromatic rings. The Morgan fingerprint density at radius 2 is 2.24 bits per heavy atom. The minimum atomic E-state index is 0.270. The molecule has 0 radical (unpaired) electrons. The number of piperazine rings is 1. The zero-order chi connectivity index (χ0) is 15.2. The summed E-state index contributed by atoms with van der Waals surface area (Å²) in [5.74, 6) is 1.50. The molecule has 4 nitrogen and oxygen atoms in total. The summed E-state index contributed by atoms with van der Waals surface area (Å²) < 4.78 is 5.38. The average Bonchev–Trinajstić information content (AvgIpc) is 2.48. The number of methoxy groups -OCH3 is 1. The average molecular weight is 290 g/mol. The predicted octanol–water partition coefficient (Wildman–Crippen LogP) is 2.08. The first-order chi connectivity index (χ1) is 10.1. The van der Waals surface area contributed by atoms with Crippen LogP contribution in [0.1, 0.15) is 25.8 Å². The van der Waals surface area contributed by atoms with Crippen molar-refractivity contribution in [2.45, 2.75) is 32.7 Å². The van der Waals surface area contributed by atoms with Gasteiger partial charge in [0.1, 0.15) is 5.75 Å². The molecular formula is C17H26N2O2. The molecule has 4 heteroatoms. The van der Waals surface area contributed by atoms with Crippen LogP contribution in [0.25, 0.3) is 0 Å². The van der Waals surface area contributed by atoms with E-state index in [0.29, 0.717) is 18.4 Å². The van der Waals surface area contributed by atoms with Gasteiger partial charge in [-0.25, -0.2) is 0 Å². The Labute approximate surface area is 127 Å². The quantitative estimate of drug-likeness (QED) is 0.903. The van der Waals surface area contributed by atoms with Crippen LogP contribution in [0.2, 0.25) is 0 Å². The van der Waals surface area contributed by atoms with Gasteiger partial charge in [-0.1, -0.05) is 25.1 Å². The molecule has 2 rings (SSSR count). The van der Waals surface area contributed by atoms with Gasteiger partial charge in [0.05, 0.1) is 7.11 Å². The van der Waals surface area contributed by atoms with E-state index in [1.165, 1.54) is 5.56 Å². The normalized spacial score (nSPS) is 20.1. The van der Waals surface area contributed by atoms with Gasteiger partial charge in [0.25, 0.3) is 0 Å². The van der Waals surface area contributed by atoms with Crippen molar-refractivity contribution >= 4 is 5.91 Å². The first-order valence-electron chi connectivity index (χ1n) is 7.74. The van der Waals surface area contributed by atoms with E-state index >= 15 is 0 Å². The van der Waals surface area contributed by atoms with E-state index in [2.05, 4.69) is 25.2 Å². The zero-order valence-corrected chi connectivity index (χ0v) is 13.3. The molecule has 0 saturated carbocycles. The number of hydrogen-bond donors (Lipinski definition) is 1. The zero-order valence-electron chi connectivity index (χ0n) is 13.3. The van der Waals surface area contributed by atoms with Crippen LogP contribution in [0, 0.1) is 5.92 Å². The van der Waals surface area contributed by atoms with Crippen molar-refractivity contribution in [3.05, 3.63) is 29.8 Å². The monoisotopic (exact) mass is 290 g/mol. The molecule has 1 heterocycles. The molecule has 21 heavy (non-hydrogen) atoms. The van der Waals surface area contributed by atoms with Gasteiger partial charge in [-0.3, -0.25) is 4.79 Å². The van der Waals surface area contributed by atoms with Gasteiger partial charge < -0.3 is 15.0 Å². The van der Waals surface area contributed by atoms with E-state index in [0.717, 1.165) is 31.8 Å². The largest absolute Gasteiger partial charge is 0.496 e. The maximum absolute atomic E-state index is 12.4. The third-order valence-electron chi connectivity index (χ3n) is 4.11. The Balaban J connectivity index is 1.91. The molecular weight excluding hydrogens is 264 g/mol. The SMILES string of the molecule is COc1ccccc1C[C@@H](C)CC(=O)N1CCNC[C@@H]1C.